The largest absolute Gasteiger partial charge is 0.457 e. The maximum atomic E-state index is 11.4. The monoisotopic (exact) mass is 335 g/mol. The van der Waals surface area contributed by atoms with Gasteiger partial charge in [0.25, 0.3) is 0 Å². The topological polar surface area (TPSA) is 59.4 Å². The quantitative estimate of drug-likeness (QED) is 0.353. The molecule has 4 nitrogen and oxygen atoms in total. The van der Waals surface area contributed by atoms with Gasteiger partial charge in [-0.2, -0.15) is 0 Å². The number of esters is 1. The standard InChI is InChI=1S/C21H21NO3/c1-14(2)20(22)25-19-11-9-18(10-12-19)17-7-5-16(6-8-17)13-24-21(23)15(3)4/h5-12,22H,1,3,13H2,2,4H3. The molecule has 2 rings (SSSR count). The average molecular weight is 335 g/mol. The van der Waals surface area contributed by atoms with Crippen LogP contribution in [0.5, 0.6) is 5.75 Å². The van der Waals surface area contributed by atoms with Gasteiger partial charge in [0.1, 0.15) is 12.4 Å². The summed E-state index contributed by atoms with van der Waals surface area (Å²) in [4.78, 5) is 11.4. The van der Waals surface area contributed by atoms with E-state index in [4.69, 9.17) is 14.9 Å². The molecule has 0 bridgehead atoms. The van der Waals surface area contributed by atoms with E-state index in [1.807, 2.05) is 48.5 Å². The summed E-state index contributed by atoms with van der Waals surface area (Å²) in [5.74, 6) is 0.265. The molecule has 0 saturated heterocycles. The van der Waals surface area contributed by atoms with Crippen LogP contribution in [0.25, 0.3) is 11.1 Å². The zero-order valence-electron chi connectivity index (χ0n) is 14.5. The lowest BCUT2D eigenvalue weighted by atomic mass is 10.0. The van der Waals surface area contributed by atoms with E-state index >= 15 is 0 Å². The normalized spacial score (nSPS) is 10.0. The number of carbonyl (C=O) groups is 1. The Balaban J connectivity index is 2.02. The van der Waals surface area contributed by atoms with Crippen LogP contribution in [0.1, 0.15) is 19.4 Å². The highest BCUT2D eigenvalue weighted by Crippen LogP contribution is 2.23. The summed E-state index contributed by atoms with van der Waals surface area (Å²) >= 11 is 0. The van der Waals surface area contributed by atoms with Crippen molar-refractivity contribution in [1.29, 1.82) is 5.41 Å². The van der Waals surface area contributed by atoms with Crippen LogP contribution < -0.4 is 4.74 Å². The Bertz CT molecular complexity index is 802. The van der Waals surface area contributed by atoms with Crippen LogP contribution in [0.4, 0.5) is 0 Å². The molecule has 128 valence electrons. The minimum Gasteiger partial charge on any atom is -0.457 e. The summed E-state index contributed by atoms with van der Waals surface area (Å²) in [7, 11) is 0. The van der Waals surface area contributed by atoms with Gasteiger partial charge in [-0.25, -0.2) is 4.79 Å². The van der Waals surface area contributed by atoms with Gasteiger partial charge >= 0.3 is 5.97 Å². The van der Waals surface area contributed by atoms with Gasteiger partial charge in [0.15, 0.2) is 0 Å². The van der Waals surface area contributed by atoms with Crippen LogP contribution in [0, 0.1) is 5.41 Å². The lowest BCUT2D eigenvalue weighted by molar-refractivity contribution is -0.140. The van der Waals surface area contributed by atoms with E-state index in [9.17, 15) is 4.79 Å². The third kappa shape index (κ3) is 5.18. The first-order chi connectivity index (χ1) is 11.9. The van der Waals surface area contributed by atoms with Crippen LogP contribution in [-0.4, -0.2) is 11.9 Å². The maximum absolute atomic E-state index is 11.4. The first kappa shape index (κ1) is 18.2. The molecular formula is C21H21NO3. The summed E-state index contributed by atoms with van der Waals surface area (Å²) in [6.45, 7) is 10.8. The second-order valence-corrected chi connectivity index (χ2v) is 5.79. The number of hydrogen-bond donors (Lipinski definition) is 1. The van der Waals surface area contributed by atoms with E-state index in [1.54, 1.807) is 13.8 Å². The number of rotatable bonds is 6. The number of hydrogen-bond acceptors (Lipinski definition) is 4. The van der Waals surface area contributed by atoms with E-state index in [1.165, 1.54) is 0 Å². The molecule has 0 saturated carbocycles. The van der Waals surface area contributed by atoms with Crippen molar-refractivity contribution in [2.75, 3.05) is 0 Å². The van der Waals surface area contributed by atoms with Crippen LogP contribution in [0.2, 0.25) is 0 Å². The predicted molar refractivity (Wildman–Crippen MR) is 99.7 cm³/mol. The number of nitrogens with one attached hydrogen (secondary N) is 1. The Morgan fingerprint density at radius 2 is 1.44 bits per heavy atom. The maximum Gasteiger partial charge on any atom is 0.333 e. The van der Waals surface area contributed by atoms with Gasteiger partial charge in [-0.1, -0.05) is 49.6 Å². The molecule has 0 fully saturated rings. The Morgan fingerprint density at radius 1 is 0.920 bits per heavy atom. The van der Waals surface area contributed by atoms with E-state index in [0.29, 0.717) is 16.9 Å². The first-order valence-corrected chi connectivity index (χ1v) is 7.81. The van der Waals surface area contributed by atoms with E-state index in [-0.39, 0.29) is 18.5 Å². The molecular weight excluding hydrogens is 314 g/mol. The zero-order chi connectivity index (χ0) is 18.4. The second kappa shape index (κ2) is 8.11. The van der Waals surface area contributed by atoms with Crippen molar-refractivity contribution >= 4 is 11.9 Å². The predicted octanol–water partition coefficient (Wildman–Crippen LogP) is 4.91. The van der Waals surface area contributed by atoms with Crippen molar-refractivity contribution in [2.24, 2.45) is 0 Å². The third-order valence-electron chi connectivity index (χ3n) is 3.47. The molecule has 0 aliphatic rings. The van der Waals surface area contributed by atoms with Gasteiger partial charge in [-0.15, -0.1) is 0 Å². The lowest BCUT2D eigenvalue weighted by Gasteiger charge is -2.08. The van der Waals surface area contributed by atoms with Gasteiger partial charge in [0.05, 0.1) is 0 Å². The minimum absolute atomic E-state index is 0.0569. The van der Waals surface area contributed by atoms with Crippen LogP contribution >= 0.6 is 0 Å². The molecule has 25 heavy (non-hydrogen) atoms. The fraction of sp³-hybridized carbons (Fsp3) is 0.143. The van der Waals surface area contributed by atoms with Gasteiger partial charge < -0.3 is 9.47 Å². The molecule has 0 atom stereocenters. The van der Waals surface area contributed by atoms with E-state index in [2.05, 4.69) is 13.2 Å². The minimum atomic E-state index is -0.389. The number of carbonyl (C=O) groups excluding carboxylic acids is 1. The average Bonchev–Trinajstić information content (AvgIpc) is 2.60. The SMILES string of the molecule is C=C(C)C(=N)Oc1ccc(-c2ccc(COC(=O)C(=C)C)cc2)cc1. The third-order valence-corrected chi connectivity index (χ3v) is 3.47. The number of benzene rings is 2. The molecule has 0 unspecified atom stereocenters. The van der Waals surface area contributed by atoms with E-state index < -0.39 is 0 Å². The first-order valence-electron chi connectivity index (χ1n) is 7.81. The Morgan fingerprint density at radius 3 is 1.92 bits per heavy atom. The van der Waals surface area contributed by atoms with Gasteiger partial charge in [0, 0.05) is 11.1 Å². The van der Waals surface area contributed by atoms with E-state index in [0.717, 1.165) is 16.7 Å². The van der Waals surface area contributed by atoms with Crippen molar-refractivity contribution in [3.8, 4) is 16.9 Å². The molecule has 0 aliphatic heterocycles. The van der Waals surface area contributed by atoms with Crippen molar-refractivity contribution in [1.82, 2.24) is 0 Å². The second-order valence-electron chi connectivity index (χ2n) is 5.79. The molecule has 0 amide bonds. The highest BCUT2D eigenvalue weighted by Gasteiger charge is 2.05. The Labute approximate surface area is 147 Å². The molecule has 4 heteroatoms. The zero-order valence-corrected chi connectivity index (χ0v) is 14.5. The highest BCUT2D eigenvalue weighted by molar-refractivity contribution is 5.91. The molecule has 2 aromatic carbocycles. The highest BCUT2D eigenvalue weighted by atomic mass is 16.5. The Kier molecular flexibility index (Phi) is 5.90. The van der Waals surface area contributed by atoms with Gasteiger partial charge in [-0.3, -0.25) is 5.41 Å². The van der Waals surface area contributed by atoms with Crippen LogP contribution in [0.15, 0.2) is 72.8 Å². The summed E-state index contributed by atoms with van der Waals surface area (Å²) in [6.07, 6.45) is 0. The summed E-state index contributed by atoms with van der Waals surface area (Å²) in [5, 5.41) is 7.66. The molecule has 0 aliphatic carbocycles. The van der Waals surface area contributed by atoms with Crippen LogP contribution in [0.3, 0.4) is 0 Å². The van der Waals surface area contributed by atoms with Crippen molar-refractivity contribution < 1.29 is 14.3 Å². The molecule has 0 heterocycles. The summed E-state index contributed by atoms with van der Waals surface area (Å²) < 4.78 is 10.5. The molecule has 0 aromatic heterocycles. The smallest absolute Gasteiger partial charge is 0.333 e. The van der Waals surface area contributed by atoms with Crippen molar-refractivity contribution in [2.45, 2.75) is 20.5 Å². The summed E-state index contributed by atoms with van der Waals surface area (Å²) in [5.41, 5.74) is 3.94. The fourth-order valence-electron chi connectivity index (χ4n) is 1.99. The van der Waals surface area contributed by atoms with Crippen molar-refractivity contribution in [3.05, 3.63) is 78.4 Å². The molecule has 0 spiro atoms. The molecule has 2 aromatic rings. The molecule has 1 N–H and O–H groups in total. The van der Waals surface area contributed by atoms with Crippen molar-refractivity contribution in [3.63, 3.8) is 0 Å². The summed E-state index contributed by atoms with van der Waals surface area (Å²) in [6, 6.07) is 15.3. The van der Waals surface area contributed by atoms with Crippen LogP contribution in [-0.2, 0) is 16.1 Å². The van der Waals surface area contributed by atoms with Gasteiger partial charge in [-0.05, 0) is 42.7 Å². The Hall–Kier alpha value is -3.14. The fourth-order valence-corrected chi connectivity index (χ4v) is 1.99. The van der Waals surface area contributed by atoms with Gasteiger partial charge in [0.2, 0.25) is 5.90 Å². The molecule has 0 radical (unpaired) electrons. The lowest BCUT2D eigenvalue weighted by Crippen LogP contribution is -2.06. The number of ether oxygens (including phenoxy) is 2.